The highest BCUT2D eigenvalue weighted by molar-refractivity contribution is 6.35. The Labute approximate surface area is 145 Å². The fraction of sp³-hybridized carbons (Fsp3) is 0.250. The molecule has 0 spiro atoms. The Bertz CT molecular complexity index is 663. The number of hydrogen-bond donors (Lipinski definition) is 2. The van der Waals surface area contributed by atoms with Crippen LogP contribution in [0.15, 0.2) is 36.5 Å². The SMILES string of the molecule is COCCCNC(=O)c1ccc(Nc2cc(Cl)ccc2Cl)nc1. The van der Waals surface area contributed by atoms with Crippen molar-refractivity contribution in [3.8, 4) is 0 Å². The highest BCUT2D eigenvalue weighted by Crippen LogP contribution is 2.27. The molecule has 5 nitrogen and oxygen atoms in total. The molecule has 0 aliphatic heterocycles. The van der Waals surface area contributed by atoms with E-state index in [9.17, 15) is 4.79 Å². The zero-order chi connectivity index (χ0) is 16.7. The quantitative estimate of drug-likeness (QED) is 0.741. The van der Waals surface area contributed by atoms with Gasteiger partial charge in [0.15, 0.2) is 0 Å². The van der Waals surface area contributed by atoms with E-state index in [1.165, 1.54) is 6.20 Å². The van der Waals surface area contributed by atoms with E-state index < -0.39 is 0 Å². The van der Waals surface area contributed by atoms with Gasteiger partial charge >= 0.3 is 0 Å². The Balaban J connectivity index is 1.96. The first-order chi connectivity index (χ1) is 11.1. The lowest BCUT2D eigenvalue weighted by molar-refractivity contribution is 0.0948. The molecule has 2 rings (SSSR count). The van der Waals surface area contributed by atoms with Crippen molar-refractivity contribution in [1.29, 1.82) is 0 Å². The molecule has 0 saturated heterocycles. The normalized spacial score (nSPS) is 10.4. The van der Waals surface area contributed by atoms with E-state index in [1.807, 2.05) is 0 Å². The molecule has 23 heavy (non-hydrogen) atoms. The van der Waals surface area contributed by atoms with Gasteiger partial charge in [0, 0.05) is 31.5 Å². The molecule has 0 fully saturated rings. The van der Waals surface area contributed by atoms with Crippen LogP contribution in [0.5, 0.6) is 0 Å². The first kappa shape index (κ1) is 17.5. The molecule has 0 aliphatic rings. The number of carbonyl (C=O) groups excluding carboxylic acids is 1. The van der Waals surface area contributed by atoms with Gasteiger partial charge in [0.05, 0.1) is 16.3 Å². The summed E-state index contributed by atoms with van der Waals surface area (Å²) in [6.07, 6.45) is 2.27. The molecule has 0 radical (unpaired) electrons. The van der Waals surface area contributed by atoms with Crippen LogP contribution in [0.25, 0.3) is 0 Å². The van der Waals surface area contributed by atoms with Crippen LogP contribution in [0.2, 0.25) is 10.0 Å². The van der Waals surface area contributed by atoms with Gasteiger partial charge in [-0.3, -0.25) is 4.79 Å². The van der Waals surface area contributed by atoms with Gasteiger partial charge < -0.3 is 15.4 Å². The zero-order valence-corrected chi connectivity index (χ0v) is 14.1. The van der Waals surface area contributed by atoms with Crippen molar-refractivity contribution in [2.24, 2.45) is 0 Å². The van der Waals surface area contributed by atoms with Crippen LogP contribution >= 0.6 is 23.2 Å². The molecule has 122 valence electrons. The molecule has 2 N–H and O–H groups in total. The van der Waals surface area contributed by atoms with Crippen LogP contribution in [0.4, 0.5) is 11.5 Å². The Hall–Kier alpha value is -1.82. The van der Waals surface area contributed by atoms with Crippen LogP contribution in [0.3, 0.4) is 0 Å². The molecule has 7 heteroatoms. The molecule has 0 saturated carbocycles. The van der Waals surface area contributed by atoms with Gasteiger partial charge in [0.2, 0.25) is 0 Å². The maximum absolute atomic E-state index is 11.9. The number of pyridine rings is 1. The number of amides is 1. The molecule has 0 atom stereocenters. The summed E-state index contributed by atoms with van der Waals surface area (Å²) in [5.41, 5.74) is 1.15. The van der Waals surface area contributed by atoms with Crippen molar-refractivity contribution >= 4 is 40.6 Å². The van der Waals surface area contributed by atoms with Crippen LogP contribution in [-0.4, -0.2) is 31.2 Å². The molecule has 1 aromatic heterocycles. The fourth-order valence-corrected chi connectivity index (χ4v) is 2.19. The Morgan fingerprint density at radius 2 is 2.09 bits per heavy atom. The standard InChI is InChI=1S/C16H17Cl2N3O2/c1-23-8-2-7-19-16(22)11-3-6-15(20-10-11)21-14-9-12(17)4-5-13(14)18/h3-6,9-10H,2,7-8H2,1H3,(H,19,22)(H,20,21). The van der Waals surface area contributed by atoms with Crippen molar-refractivity contribution in [2.75, 3.05) is 25.6 Å². The van der Waals surface area contributed by atoms with Gasteiger partial charge in [-0.25, -0.2) is 4.98 Å². The van der Waals surface area contributed by atoms with Crippen LogP contribution < -0.4 is 10.6 Å². The number of aromatic nitrogens is 1. The predicted octanol–water partition coefficient (Wildman–Crippen LogP) is 3.90. The van der Waals surface area contributed by atoms with Crippen molar-refractivity contribution < 1.29 is 9.53 Å². The van der Waals surface area contributed by atoms with Crippen molar-refractivity contribution in [1.82, 2.24) is 10.3 Å². The first-order valence-corrected chi connectivity index (χ1v) is 7.81. The number of methoxy groups -OCH3 is 1. The Morgan fingerprint density at radius 1 is 1.26 bits per heavy atom. The third-order valence-electron chi connectivity index (χ3n) is 3.03. The molecular weight excluding hydrogens is 337 g/mol. The Kier molecular flexibility index (Phi) is 6.65. The average Bonchev–Trinajstić information content (AvgIpc) is 2.55. The minimum absolute atomic E-state index is 0.166. The lowest BCUT2D eigenvalue weighted by atomic mass is 10.2. The minimum atomic E-state index is -0.166. The van der Waals surface area contributed by atoms with Gasteiger partial charge in [-0.15, -0.1) is 0 Å². The van der Waals surface area contributed by atoms with E-state index in [0.29, 0.717) is 40.3 Å². The highest BCUT2D eigenvalue weighted by Gasteiger charge is 2.07. The van der Waals surface area contributed by atoms with Gasteiger partial charge in [-0.1, -0.05) is 23.2 Å². The first-order valence-electron chi connectivity index (χ1n) is 7.05. The van der Waals surface area contributed by atoms with E-state index in [0.717, 1.165) is 6.42 Å². The third kappa shape index (κ3) is 5.39. The maximum Gasteiger partial charge on any atom is 0.252 e. The Morgan fingerprint density at radius 3 is 2.78 bits per heavy atom. The number of benzene rings is 1. The fourth-order valence-electron chi connectivity index (χ4n) is 1.85. The average molecular weight is 354 g/mol. The van der Waals surface area contributed by atoms with E-state index in [1.54, 1.807) is 37.4 Å². The molecule has 0 aliphatic carbocycles. The summed E-state index contributed by atoms with van der Waals surface area (Å²) in [6, 6.07) is 8.52. The van der Waals surface area contributed by atoms with Gasteiger partial charge in [-0.2, -0.15) is 0 Å². The third-order valence-corrected chi connectivity index (χ3v) is 3.59. The lowest BCUT2D eigenvalue weighted by Crippen LogP contribution is -2.25. The number of ether oxygens (including phenoxy) is 1. The largest absolute Gasteiger partial charge is 0.385 e. The number of halogens is 2. The van der Waals surface area contributed by atoms with Crippen LogP contribution in [0.1, 0.15) is 16.8 Å². The monoisotopic (exact) mass is 353 g/mol. The maximum atomic E-state index is 11.9. The summed E-state index contributed by atoms with van der Waals surface area (Å²) >= 11 is 12.0. The lowest BCUT2D eigenvalue weighted by Gasteiger charge is -2.09. The summed E-state index contributed by atoms with van der Waals surface area (Å²) in [6.45, 7) is 1.17. The predicted molar refractivity (Wildman–Crippen MR) is 92.8 cm³/mol. The second-order valence-corrected chi connectivity index (χ2v) is 5.63. The topological polar surface area (TPSA) is 63.2 Å². The molecular formula is C16H17Cl2N3O2. The summed E-state index contributed by atoms with van der Waals surface area (Å²) in [5, 5.41) is 6.98. The summed E-state index contributed by atoms with van der Waals surface area (Å²) in [5.74, 6) is 0.408. The van der Waals surface area contributed by atoms with Gasteiger partial charge in [0.25, 0.3) is 5.91 Å². The van der Waals surface area contributed by atoms with E-state index in [4.69, 9.17) is 27.9 Å². The van der Waals surface area contributed by atoms with Crippen molar-refractivity contribution in [2.45, 2.75) is 6.42 Å². The van der Waals surface area contributed by atoms with Crippen LogP contribution in [0, 0.1) is 0 Å². The second kappa shape index (κ2) is 8.72. The minimum Gasteiger partial charge on any atom is -0.385 e. The van der Waals surface area contributed by atoms with E-state index >= 15 is 0 Å². The second-order valence-electron chi connectivity index (χ2n) is 4.78. The molecule has 1 heterocycles. The smallest absolute Gasteiger partial charge is 0.252 e. The van der Waals surface area contributed by atoms with Crippen molar-refractivity contribution in [3.05, 3.63) is 52.1 Å². The molecule has 2 aromatic rings. The molecule has 1 amide bonds. The highest BCUT2D eigenvalue weighted by atomic mass is 35.5. The number of carbonyl (C=O) groups is 1. The molecule has 1 aromatic carbocycles. The van der Waals surface area contributed by atoms with Crippen molar-refractivity contribution in [3.63, 3.8) is 0 Å². The van der Waals surface area contributed by atoms with Gasteiger partial charge in [-0.05, 0) is 36.8 Å². The summed E-state index contributed by atoms with van der Waals surface area (Å²) in [7, 11) is 1.63. The number of anilines is 2. The number of nitrogens with zero attached hydrogens (tertiary/aromatic N) is 1. The van der Waals surface area contributed by atoms with E-state index in [-0.39, 0.29) is 5.91 Å². The number of hydrogen-bond acceptors (Lipinski definition) is 4. The summed E-state index contributed by atoms with van der Waals surface area (Å²) < 4.78 is 4.93. The van der Waals surface area contributed by atoms with E-state index in [2.05, 4.69) is 15.6 Å². The van der Waals surface area contributed by atoms with Gasteiger partial charge in [0.1, 0.15) is 5.82 Å². The number of nitrogens with one attached hydrogen (secondary N) is 2. The zero-order valence-electron chi connectivity index (χ0n) is 12.6. The van der Waals surface area contributed by atoms with Crippen LogP contribution in [-0.2, 0) is 4.74 Å². The molecule has 0 bridgehead atoms. The molecule has 0 unspecified atom stereocenters. The number of rotatable bonds is 7. The summed E-state index contributed by atoms with van der Waals surface area (Å²) in [4.78, 5) is 16.1.